The number of carbonyl (C=O) groups excluding carboxylic acids is 1. The third-order valence-corrected chi connectivity index (χ3v) is 3.79. The van der Waals surface area contributed by atoms with Gasteiger partial charge in [0.25, 0.3) is 0 Å². The lowest BCUT2D eigenvalue weighted by Gasteiger charge is -2.14. The summed E-state index contributed by atoms with van der Waals surface area (Å²) < 4.78 is 10.4. The summed E-state index contributed by atoms with van der Waals surface area (Å²) in [5.41, 5.74) is 0.911. The highest BCUT2D eigenvalue weighted by Crippen LogP contribution is 2.27. The summed E-state index contributed by atoms with van der Waals surface area (Å²) in [6, 6.07) is 4.55. The monoisotopic (exact) mass is 313 g/mol. The highest BCUT2D eigenvalue weighted by Gasteiger charge is 2.18. The molecule has 0 saturated heterocycles. The van der Waals surface area contributed by atoms with Gasteiger partial charge < -0.3 is 19.9 Å². The molecular formula is C14H19NO5S. The fourth-order valence-electron chi connectivity index (χ4n) is 1.70. The van der Waals surface area contributed by atoms with Gasteiger partial charge in [-0.15, -0.1) is 0 Å². The van der Waals surface area contributed by atoms with Crippen LogP contribution in [0.2, 0.25) is 0 Å². The molecule has 1 rings (SSSR count). The van der Waals surface area contributed by atoms with Gasteiger partial charge in [0.1, 0.15) is 17.5 Å². The number of amides is 1. The molecule has 0 aromatic heterocycles. The lowest BCUT2D eigenvalue weighted by atomic mass is 10.2. The number of carbonyl (C=O) groups is 2. The fourth-order valence-corrected chi connectivity index (χ4v) is 2.73. The Morgan fingerprint density at radius 1 is 1.33 bits per heavy atom. The van der Waals surface area contributed by atoms with E-state index in [0.29, 0.717) is 11.5 Å². The summed E-state index contributed by atoms with van der Waals surface area (Å²) in [5, 5.41) is 11.4. The Kier molecular flexibility index (Phi) is 6.87. The minimum Gasteiger partial charge on any atom is -0.497 e. The van der Waals surface area contributed by atoms with Crippen molar-refractivity contribution < 1.29 is 24.2 Å². The van der Waals surface area contributed by atoms with E-state index in [1.165, 1.54) is 18.7 Å². The van der Waals surface area contributed by atoms with Crippen molar-refractivity contribution in [2.75, 3.05) is 20.0 Å². The van der Waals surface area contributed by atoms with Gasteiger partial charge in [0, 0.05) is 24.0 Å². The molecule has 1 amide bonds. The van der Waals surface area contributed by atoms with Gasteiger partial charge in [0.15, 0.2) is 0 Å². The normalized spacial score (nSPS) is 11.6. The summed E-state index contributed by atoms with van der Waals surface area (Å²) in [7, 11) is 3.16. The van der Waals surface area contributed by atoms with E-state index in [1.54, 1.807) is 26.4 Å². The van der Waals surface area contributed by atoms with Gasteiger partial charge in [-0.05, 0) is 18.2 Å². The van der Waals surface area contributed by atoms with Gasteiger partial charge in [-0.25, -0.2) is 4.79 Å². The number of thioether (sulfide) groups is 1. The molecule has 0 heterocycles. The number of methoxy groups -OCH3 is 2. The van der Waals surface area contributed by atoms with Gasteiger partial charge in [0.05, 0.1) is 14.2 Å². The Balaban J connectivity index is 2.65. The summed E-state index contributed by atoms with van der Waals surface area (Å²) in [5.74, 6) is 0.856. The zero-order valence-electron chi connectivity index (χ0n) is 12.2. The largest absolute Gasteiger partial charge is 0.497 e. The van der Waals surface area contributed by atoms with Crippen LogP contribution in [-0.2, 0) is 15.3 Å². The molecule has 116 valence electrons. The van der Waals surface area contributed by atoms with Crippen molar-refractivity contribution in [3.63, 3.8) is 0 Å². The number of carboxylic acid groups (broad SMARTS) is 1. The molecular weight excluding hydrogens is 294 g/mol. The fraction of sp³-hybridized carbons (Fsp3) is 0.429. The Hall–Kier alpha value is -1.89. The number of benzene rings is 1. The average molecular weight is 313 g/mol. The Bertz CT molecular complexity index is 506. The first-order chi connectivity index (χ1) is 9.97. The van der Waals surface area contributed by atoms with Crippen LogP contribution in [0.3, 0.4) is 0 Å². The second-order valence-corrected chi connectivity index (χ2v) is 5.31. The minimum atomic E-state index is -1.05. The van der Waals surface area contributed by atoms with Crippen LogP contribution in [0.5, 0.6) is 11.5 Å². The maximum absolute atomic E-state index is 11.0. The average Bonchev–Trinajstić information content (AvgIpc) is 2.45. The van der Waals surface area contributed by atoms with Crippen LogP contribution in [0.4, 0.5) is 0 Å². The molecule has 1 atom stereocenters. The molecule has 0 aliphatic carbocycles. The van der Waals surface area contributed by atoms with Crippen molar-refractivity contribution in [3.05, 3.63) is 23.8 Å². The molecule has 0 radical (unpaired) electrons. The standard InChI is InChI=1S/C14H19NO5S/c1-9(16)15-12(14(17)18)8-21-7-10-6-11(19-2)4-5-13(10)20-3/h4-6,12H,7-8H2,1-3H3,(H,15,16)(H,17,18). The number of hydrogen-bond acceptors (Lipinski definition) is 5. The number of rotatable bonds is 8. The molecule has 0 fully saturated rings. The Labute approximate surface area is 127 Å². The van der Waals surface area contributed by atoms with Crippen LogP contribution in [0.25, 0.3) is 0 Å². The molecule has 1 aromatic carbocycles. The van der Waals surface area contributed by atoms with Gasteiger partial charge in [-0.3, -0.25) is 4.79 Å². The molecule has 0 aliphatic rings. The third kappa shape index (κ3) is 5.55. The maximum atomic E-state index is 11.0. The van der Waals surface area contributed by atoms with Crippen LogP contribution in [0, 0.1) is 0 Å². The second-order valence-electron chi connectivity index (χ2n) is 4.28. The zero-order valence-corrected chi connectivity index (χ0v) is 13.0. The SMILES string of the molecule is COc1ccc(OC)c(CSCC(NC(C)=O)C(=O)O)c1. The number of aliphatic carboxylic acids is 1. The lowest BCUT2D eigenvalue weighted by molar-refractivity contribution is -0.140. The number of nitrogens with one attached hydrogen (secondary N) is 1. The quantitative estimate of drug-likeness (QED) is 0.757. The molecule has 0 aliphatic heterocycles. The molecule has 6 nitrogen and oxygen atoms in total. The van der Waals surface area contributed by atoms with E-state index in [1.807, 2.05) is 6.07 Å². The lowest BCUT2D eigenvalue weighted by Crippen LogP contribution is -2.41. The molecule has 0 spiro atoms. The summed E-state index contributed by atoms with van der Waals surface area (Å²) >= 11 is 1.40. The highest BCUT2D eigenvalue weighted by molar-refractivity contribution is 7.98. The van der Waals surface area contributed by atoms with E-state index >= 15 is 0 Å². The van der Waals surface area contributed by atoms with Crippen molar-refractivity contribution >= 4 is 23.6 Å². The van der Waals surface area contributed by atoms with Crippen LogP contribution < -0.4 is 14.8 Å². The van der Waals surface area contributed by atoms with Crippen LogP contribution >= 0.6 is 11.8 Å². The Morgan fingerprint density at radius 3 is 2.57 bits per heavy atom. The molecule has 0 bridgehead atoms. The maximum Gasteiger partial charge on any atom is 0.327 e. The third-order valence-electron chi connectivity index (χ3n) is 2.71. The van der Waals surface area contributed by atoms with Gasteiger partial charge in [0.2, 0.25) is 5.91 Å². The van der Waals surface area contributed by atoms with Crippen molar-refractivity contribution in [2.24, 2.45) is 0 Å². The number of hydrogen-bond donors (Lipinski definition) is 2. The topological polar surface area (TPSA) is 84.9 Å². The predicted molar refractivity (Wildman–Crippen MR) is 80.9 cm³/mol. The molecule has 7 heteroatoms. The molecule has 1 unspecified atom stereocenters. The first-order valence-corrected chi connectivity index (χ1v) is 7.42. The predicted octanol–water partition coefficient (Wildman–Crippen LogP) is 1.53. The zero-order chi connectivity index (χ0) is 15.8. The second kappa shape index (κ2) is 8.41. The van der Waals surface area contributed by atoms with Crippen molar-refractivity contribution in [1.29, 1.82) is 0 Å². The van der Waals surface area contributed by atoms with E-state index in [-0.39, 0.29) is 11.7 Å². The van der Waals surface area contributed by atoms with Crippen molar-refractivity contribution in [2.45, 2.75) is 18.7 Å². The highest BCUT2D eigenvalue weighted by atomic mass is 32.2. The minimum absolute atomic E-state index is 0.273. The molecule has 21 heavy (non-hydrogen) atoms. The van der Waals surface area contributed by atoms with Gasteiger partial charge >= 0.3 is 5.97 Å². The van der Waals surface area contributed by atoms with Crippen LogP contribution in [0.1, 0.15) is 12.5 Å². The van der Waals surface area contributed by atoms with E-state index in [2.05, 4.69) is 5.32 Å². The molecule has 1 aromatic rings. The smallest absolute Gasteiger partial charge is 0.327 e. The Morgan fingerprint density at radius 2 is 2.05 bits per heavy atom. The number of ether oxygens (including phenoxy) is 2. The molecule has 2 N–H and O–H groups in total. The van der Waals surface area contributed by atoms with E-state index in [4.69, 9.17) is 14.6 Å². The molecule has 0 saturated carbocycles. The van der Waals surface area contributed by atoms with Crippen molar-refractivity contribution in [1.82, 2.24) is 5.32 Å². The van der Waals surface area contributed by atoms with Crippen molar-refractivity contribution in [3.8, 4) is 11.5 Å². The summed E-state index contributed by atoms with van der Waals surface area (Å²) in [6.07, 6.45) is 0. The van der Waals surface area contributed by atoms with E-state index in [9.17, 15) is 9.59 Å². The first-order valence-electron chi connectivity index (χ1n) is 6.26. The van der Waals surface area contributed by atoms with Gasteiger partial charge in [-0.2, -0.15) is 11.8 Å². The summed E-state index contributed by atoms with van der Waals surface area (Å²) in [6.45, 7) is 1.30. The van der Waals surface area contributed by atoms with Gasteiger partial charge in [-0.1, -0.05) is 0 Å². The first kappa shape index (κ1) is 17.2. The van der Waals surface area contributed by atoms with Crippen LogP contribution in [-0.4, -0.2) is 43.0 Å². The number of carboxylic acids is 1. The van der Waals surface area contributed by atoms with E-state index < -0.39 is 12.0 Å². The van der Waals surface area contributed by atoms with Crippen LogP contribution in [0.15, 0.2) is 18.2 Å². The van der Waals surface area contributed by atoms with E-state index in [0.717, 1.165) is 11.3 Å². The summed E-state index contributed by atoms with van der Waals surface area (Å²) in [4.78, 5) is 22.0.